The Bertz CT molecular complexity index is 601. The van der Waals surface area contributed by atoms with E-state index in [2.05, 4.69) is 11.2 Å². The standard InChI is InChI=1S/C12H14N4O/c1-7-4-10(17-15-7)6-16-9(3)8(2)11(5-13)12(16)14/h4H,6,14H2,1-3H3. The number of nitrogens with two attached hydrogens (primary N) is 1. The van der Waals surface area contributed by atoms with Gasteiger partial charge in [0.25, 0.3) is 0 Å². The van der Waals surface area contributed by atoms with Gasteiger partial charge in [-0.3, -0.25) is 0 Å². The molecule has 5 nitrogen and oxygen atoms in total. The zero-order chi connectivity index (χ0) is 12.6. The number of rotatable bonds is 2. The highest BCUT2D eigenvalue weighted by atomic mass is 16.5. The Hall–Kier alpha value is -2.22. The number of anilines is 1. The van der Waals surface area contributed by atoms with Crippen LogP contribution in [0.15, 0.2) is 10.6 Å². The van der Waals surface area contributed by atoms with E-state index in [1.807, 2.05) is 31.4 Å². The molecule has 2 heterocycles. The van der Waals surface area contributed by atoms with Crippen molar-refractivity contribution in [2.45, 2.75) is 27.3 Å². The lowest BCUT2D eigenvalue weighted by Crippen LogP contribution is -2.05. The molecule has 2 aromatic heterocycles. The fourth-order valence-corrected chi connectivity index (χ4v) is 1.88. The molecule has 0 bridgehead atoms. The van der Waals surface area contributed by atoms with Gasteiger partial charge in [-0.25, -0.2) is 0 Å². The van der Waals surface area contributed by atoms with E-state index in [-0.39, 0.29) is 0 Å². The van der Waals surface area contributed by atoms with Gasteiger partial charge in [-0.05, 0) is 26.3 Å². The molecule has 5 heteroatoms. The zero-order valence-electron chi connectivity index (χ0n) is 10.1. The molecule has 88 valence electrons. The van der Waals surface area contributed by atoms with Crippen LogP contribution in [-0.2, 0) is 6.54 Å². The molecule has 2 aromatic rings. The Labute approximate surface area is 99.4 Å². The number of nitrogens with zero attached hydrogens (tertiary/aromatic N) is 3. The third-order valence-electron chi connectivity index (χ3n) is 2.97. The molecule has 0 atom stereocenters. The van der Waals surface area contributed by atoms with E-state index in [4.69, 9.17) is 15.5 Å². The number of nitrogen functional groups attached to an aromatic ring is 1. The summed E-state index contributed by atoms with van der Waals surface area (Å²) in [7, 11) is 0. The predicted octanol–water partition coefficient (Wildman–Crippen LogP) is 1.90. The number of aryl methyl sites for hydroxylation is 1. The largest absolute Gasteiger partial charge is 0.384 e. The predicted molar refractivity (Wildman–Crippen MR) is 63.4 cm³/mol. The van der Waals surface area contributed by atoms with E-state index in [1.54, 1.807) is 0 Å². The van der Waals surface area contributed by atoms with E-state index in [0.29, 0.717) is 17.9 Å². The number of nitriles is 1. The second-order valence-corrected chi connectivity index (χ2v) is 4.10. The first kappa shape index (κ1) is 11.3. The van der Waals surface area contributed by atoms with Crippen LogP contribution in [0.3, 0.4) is 0 Å². The molecule has 2 rings (SSSR count). The molecule has 0 saturated carbocycles. The summed E-state index contributed by atoms with van der Waals surface area (Å²) in [6, 6.07) is 3.99. The summed E-state index contributed by atoms with van der Waals surface area (Å²) in [4.78, 5) is 0. The molecule has 0 saturated heterocycles. The lowest BCUT2D eigenvalue weighted by Gasteiger charge is -2.05. The minimum absolute atomic E-state index is 0.483. The summed E-state index contributed by atoms with van der Waals surface area (Å²) in [5, 5.41) is 12.9. The highest BCUT2D eigenvalue weighted by Crippen LogP contribution is 2.24. The van der Waals surface area contributed by atoms with Crippen LogP contribution in [0.25, 0.3) is 0 Å². The summed E-state index contributed by atoms with van der Waals surface area (Å²) < 4.78 is 7.02. The van der Waals surface area contributed by atoms with E-state index < -0.39 is 0 Å². The molecule has 2 N–H and O–H groups in total. The molecular formula is C12H14N4O. The molecule has 0 aliphatic heterocycles. The maximum absolute atomic E-state index is 9.03. The third kappa shape index (κ3) is 1.78. The lowest BCUT2D eigenvalue weighted by atomic mass is 10.2. The van der Waals surface area contributed by atoms with E-state index in [9.17, 15) is 0 Å². The van der Waals surface area contributed by atoms with Gasteiger partial charge in [0.15, 0.2) is 5.76 Å². The van der Waals surface area contributed by atoms with Crippen LogP contribution in [-0.4, -0.2) is 9.72 Å². The van der Waals surface area contributed by atoms with Crippen molar-refractivity contribution in [2.75, 3.05) is 5.73 Å². The molecule has 0 fully saturated rings. The first-order valence-electron chi connectivity index (χ1n) is 5.32. The molecule has 0 aliphatic carbocycles. The molecular weight excluding hydrogens is 216 g/mol. The van der Waals surface area contributed by atoms with Crippen LogP contribution in [0.4, 0.5) is 5.82 Å². The molecule has 0 aliphatic rings. The van der Waals surface area contributed by atoms with E-state index in [1.165, 1.54) is 0 Å². The summed E-state index contributed by atoms with van der Waals surface area (Å²) in [6.07, 6.45) is 0. The first-order valence-corrected chi connectivity index (χ1v) is 5.32. The minimum atomic E-state index is 0.483. The van der Waals surface area contributed by atoms with Crippen molar-refractivity contribution in [3.05, 3.63) is 34.3 Å². The Morgan fingerprint density at radius 2 is 2.18 bits per heavy atom. The van der Waals surface area contributed by atoms with Crippen LogP contribution in [0.5, 0.6) is 0 Å². The maximum atomic E-state index is 9.03. The van der Waals surface area contributed by atoms with Crippen LogP contribution in [0, 0.1) is 32.1 Å². The topological polar surface area (TPSA) is 80.8 Å². The Morgan fingerprint density at radius 3 is 2.65 bits per heavy atom. The number of hydrogen-bond acceptors (Lipinski definition) is 4. The smallest absolute Gasteiger partial charge is 0.156 e. The lowest BCUT2D eigenvalue weighted by molar-refractivity contribution is 0.373. The van der Waals surface area contributed by atoms with Crippen molar-refractivity contribution < 1.29 is 4.52 Å². The number of aromatic nitrogens is 2. The van der Waals surface area contributed by atoms with Crippen molar-refractivity contribution in [1.82, 2.24) is 9.72 Å². The fraction of sp³-hybridized carbons (Fsp3) is 0.333. The van der Waals surface area contributed by atoms with Crippen LogP contribution in [0.2, 0.25) is 0 Å². The summed E-state index contributed by atoms with van der Waals surface area (Å²) in [6.45, 7) is 6.20. The SMILES string of the molecule is Cc1cc(Cn2c(C)c(C)c(C#N)c2N)on1. The summed E-state index contributed by atoms with van der Waals surface area (Å²) >= 11 is 0. The van der Waals surface area contributed by atoms with Gasteiger partial charge in [-0.15, -0.1) is 0 Å². The van der Waals surface area contributed by atoms with E-state index >= 15 is 0 Å². The van der Waals surface area contributed by atoms with Crippen molar-refractivity contribution in [3.63, 3.8) is 0 Å². The Balaban J connectivity index is 2.44. The van der Waals surface area contributed by atoms with Crippen LogP contribution in [0.1, 0.15) is 28.3 Å². The average Bonchev–Trinajstić information content (AvgIpc) is 2.78. The monoisotopic (exact) mass is 230 g/mol. The van der Waals surface area contributed by atoms with Crippen molar-refractivity contribution in [1.29, 1.82) is 5.26 Å². The quantitative estimate of drug-likeness (QED) is 0.854. The van der Waals surface area contributed by atoms with E-state index in [0.717, 1.165) is 22.7 Å². The van der Waals surface area contributed by atoms with Gasteiger partial charge in [0.1, 0.15) is 11.9 Å². The van der Waals surface area contributed by atoms with Gasteiger partial charge >= 0.3 is 0 Å². The zero-order valence-corrected chi connectivity index (χ0v) is 10.1. The summed E-state index contributed by atoms with van der Waals surface area (Å²) in [5.74, 6) is 1.22. The van der Waals surface area contributed by atoms with Gasteiger partial charge in [-0.1, -0.05) is 5.16 Å². The molecule has 0 radical (unpaired) electrons. The third-order valence-corrected chi connectivity index (χ3v) is 2.97. The number of hydrogen-bond donors (Lipinski definition) is 1. The highest BCUT2D eigenvalue weighted by molar-refractivity contribution is 5.57. The Kier molecular flexibility index (Phi) is 2.64. The molecule has 0 spiro atoms. The molecule has 0 aromatic carbocycles. The fourth-order valence-electron chi connectivity index (χ4n) is 1.88. The van der Waals surface area contributed by atoms with Gasteiger partial charge in [0, 0.05) is 11.8 Å². The van der Waals surface area contributed by atoms with Crippen molar-refractivity contribution >= 4 is 5.82 Å². The average molecular weight is 230 g/mol. The second-order valence-electron chi connectivity index (χ2n) is 4.10. The maximum Gasteiger partial charge on any atom is 0.156 e. The second kappa shape index (κ2) is 3.98. The van der Waals surface area contributed by atoms with Gasteiger partial charge in [0.05, 0.1) is 17.8 Å². The minimum Gasteiger partial charge on any atom is -0.384 e. The first-order chi connectivity index (χ1) is 8.04. The van der Waals surface area contributed by atoms with Gasteiger partial charge in [0.2, 0.25) is 0 Å². The normalized spacial score (nSPS) is 10.5. The molecule has 17 heavy (non-hydrogen) atoms. The molecule has 0 amide bonds. The summed E-state index contributed by atoms with van der Waals surface area (Å²) in [5.41, 5.74) is 9.22. The Morgan fingerprint density at radius 1 is 1.47 bits per heavy atom. The van der Waals surface area contributed by atoms with Crippen LogP contribution < -0.4 is 5.73 Å². The highest BCUT2D eigenvalue weighted by Gasteiger charge is 2.16. The molecule has 0 unspecified atom stereocenters. The van der Waals surface area contributed by atoms with Gasteiger partial charge in [-0.2, -0.15) is 5.26 Å². The van der Waals surface area contributed by atoms with Crippen molar-refractivity contribution in [2.24, 2.45) is 0 Å². The van der Waals surface area contributed by atoms with Crippen LogP contribution >= 0.6 is 0 Å². The van der Waals surface area contributed by atoms with Gasteiger partial charge < -0.3 is 14.8 Å². The van der Waals surface area contributed by atoms with Crippen molar-refractivity contribution in [3.8, 4) is 6.07 Å².